The summed E-state index contributed by atoms with van der Waals surface area (Å²) in [6, 6.07) is 7.74. The molecule has 0 fully saturated rings. The fraction of sp³-hybridized carbons (Fsp3) is 0.0556. The molecule has 2 aromatic carbocycles. The van der Waals surface area contributed by atoms with Gasteiger partial charge >= 0.3 is 6.18 Å². The van der Waals surface area contributed by atoms with E-state index in [4.69, 9.17) is 0 Å². The standard InChI is InChI=1S/C18H11F5N4O/c19-12-5-3-6-13(20)15(12)27-17-24-8-10(9-25-17)16(28)26-14-7-2-1-4-11(14)18(21,22)23/h1-9H,(H,26,28)(H,24,25,27). The summed E-state index contributed by atoms with van der Waals surface area (Å²) in [4.78, 5) is 19.7. The van der Waals surface area contributed by atoms with Gasteiger partial charge in [-0.3, -0.25) is 4.79 Å². The van der Waals surface area contributed by atoms with Crippen LogP contribution in [0, 0.1) is 11.6 Å². The number of hydrogen-bond acceptors (Lipinski definition) is 4. The lowest BCUT2D eigenvalue weighted by Crippen LogP contribution is -2.17. The highest BCUT2D eigenvalue weighted by Gasteiger charge is 2.33. The number of anilines is 3. The van der Waals surface area contributed by atoms with Gasteiger partial charge in [-0.1, -0.05) is 18.2 Å². The van der Waals surface area contributed by atoms with Crippen LogP contribution in [0.2, 0.25) is 0 Å². The molecule has 5 nitrogen and oxygen atoms in total. The van der Waals surface area contributed by atoms with Crippen molar-refractivity contribution in [3.8, 4) is 0 Å². The van der Waals surface area contributed by atoms with Gasteiger partial charge < -0.3 is 10.6 Å². The van der Waals surface area contributed by atoms with Gasteiger partial charge in [0.2, 0.25) is 5.95 Å². The molecule has 3 rings (SSSR count). The van der Waals surface area contributed by atoms with Crippen LogP contribution in [0.1, 0.15) is 15.9 Å². The Morgan fingerprint density at radius 3 is 2.11 bits per heavy atom. The van der Waals surface area contributed by atoms with Crippen molar-refractivity contribution in [1.82, 2.24) is 9.97 Å². The van der Waals surface area contributed by atoms with Crippen molar-refractivity contribution in [1.29, 1.82) is 0 Å². The highest BCUT2D eigenvalue weighted by Crippen LogP contribution is 2.34. The number of nitrogens with zero attached hydrogens (tertiary/aromatic N) is 2. The number of carbonyl (C=O) groups is 1. The SMILES string of the molecule is O=C(Nc1ccccc1C(F)(F)F)c1cnc(Nc2c(F)cccc2F)nc1. The van der Waals surface area contributed by atoms with Crippen molar-refractivity contribution in [2.24, 2.45) is 0 Å². The van der Waals surface area contributed by atoms with Gasteiger partial charge in [0, 0.05) is 12.4 Å². The van der Waals surface area contributed by atoms with Crippen molar-refractivity contribution in [3.63, 3.8) is 0 Å². The molecule has 0 aliphatic rings. The first kappa shape index (κ1) is 19.2. The van der Waals surface area contributed by atoms with Gasteiger partial charge in [-0.25, -0.2) is 18.7 Å². The molecule has 0 saturated heterocycles. The number of carbonyl (C=O) groups excluding carboxylic acids is 1. The molecule has 1 heterocycles. The molecular formula is C18H11F5N4O. The Bertz CT molecular complexity index is 985. The summed E-state index contributed by atoms with van der Waals surface area (Å²) < 4.78 is 66.2. The normalized spacial score (nSPS) is 11.2. The summed E-state index contributed by atoms with van der Waals surface area (Å²) in [6.07, 6.45) is -2.61. The first-order valence-corrected chi connectivity index (χ1v) is 7.76. The fourth-order valence-electron chi connectivity index (χ4n) is 2.27. The van der Waals surface area contributed by atoms with E-state index in [1.54, 1.807) is 0 Å². The molecule has 0 saturated carbocycles. The molecule has 1 aromatic heterocycles. The van der Waals surface area contributed by atoms with Crippen LogP contribution < -0.4 is 10.6 Å². The number of rotatable bonds is 4. The maximum Gasteiger partial charge on any atom is 0.418 e. The van der Waals surface area contributed by atoms with Crippen LogP contribution in [0.15, 0.2) is 54.9 Å². The van der Waals surface area contributed by atoms with E-state index >= 15 is 0 Å². The van der Waals surface area contributed by atoms with Gasteiger partial charge in [0.25, 0.3) is 5.91 Å². The first-order valence-electron chi connectivity index (χ1n) is 7.76. The highest BCUT2D eigenvalue weighted by molar-refractivity contribution is 6.04. The van der Waals surface area contributed by atoms with Crippen molar-refractivity contribution in [3.05, 3.63) is 77.6 Å². The molecule has 1 amide bonds. The Kier molecular flexibility index (Phi) is 5.21. The summed E-state index contributed by atoms with van der Waals surface area (Å²) >= 11 is 0. The number of hydrogen-bond donors (Lipinski definition) is 2. The minimum absolute atomic E-state index is 0.142. The summed E-state index contributed by atoms with van der Waals surface area (Å²) in [5, 5.41) is 4.47. The van der Waals surface area contributed by atoms with Gasteiger partial charge in [-0.05, 0) is 24.3 Å². The molecule has 28 heavy (non-hydrogen) atoms. The van der Waals surface area contributed by atoms with E-state index in [2.05, 4.69) is 20.6 Å². The number of alkyl halides is 3. The Labute approximate surface area is 155 Å². The van der Waals surface area contributed by atoms with Crippen LogP contribution in [0.4, 0.5) is 39.3 Å². The smallest absolute Gasteiger partial charge is 0.321 e. The number of para-hydroxylation sites is 2. The molecule has 0 spiro atoms. The molecule has 2 N–H and O–H groups in total. The number of halogens is 5. The van der Waals surface area contributed by atoms with E-state index in [-0.39, 0.29) is 11.5 Å². The Balaban J connectivity index is 1.77. The molecule has 0 aliphatic carbocycles. The van der Waals surface area contributed by atoms with Crippen LogP contribution >= 0.6 is 0 Å². The minimum Gasteiger partial charge on any atom is -0.321 e. The van der Waals surface area contributed by atoms with Gasteiger partial charge in [0.05, 0.1) is 16.8 Å². The molecule has 0 radical (unpaired) electrons. The average Bonchev–Trinajstić information content (AvgIpc) is 2.65. The van der Waals surface area contributed by atoms with Crippen LogP contribution in [0.25, 0.3) is 0 Å². The zero-order valence-corrected chi connectivity index (χ0v) is 13.9. The Hall–Kier alpha value is -3.56. The van der Waals surface area contributed by atoms with E-state index in [0.29, 0.717) is 0 Å². The van der Waals surface area contributed by atoms with Crippen LogP contribution in [0.5, 0.6) is 0 Å². The lowest BCUT2D eigenvalue weighted by molar-refractivity contribution is -0.136. The third-order valence-electron chi connectivity index (χ3n) is 3.59. The van der Waals surface area contributed by atoms with E-state index in [1.807, 2.05) is 0 Å². The number of benzene rings is 2. The van der Waals surface area contributed by atoms with E-state index in [1.165, 1.54) is 18.2 Å². The third kappa shape index (κ3) is 4.22. The number of amides is 1. The third-order valence-corrected chi connectivity index (χ3v) is 3.59. The molecule has 0 atom stereocenters. The summed E-state index contributed by atoms with van der Waals surface area (Å²) in [6.45, 7) is 0. The lowest BCUT2D eigenvalue weighted by Gasteiger charge is -2.13. The second-order valence-corrected chi connectivity index (χ2v) is 5.51. The second-order valence-electron chi connectivity index (χ2n) is 5.51. The van der Waals surface area contributed by atoms with E-state index in [9.17, 15) is 26.7 Å². The molecule has 0 unspecified atom stereocenters. The molecule has 144 valence electrons. The largest absolute Gasteiger partial charge is 0.418 e. The predicted octanol–water partition coefficient (Wildman–Crippen LogP) is 4.77. The van der Waals surface area contributed by atoms with Crippen molar-refractivity contribution >= 4 is 23.2 Å². The highest BCUT2D eigenvalue weighted by atomic mass is 19.4. The number of nitrogens with one attached hydrogen (secondary N) is 2. The minimum atomic E-state index is -4.64. The van der Waals surface area contributed by atoms with Crippen molar-refractivity contribution in [2.45, 2.75) is 6.18 Å². The predicted molar refractivity (Wildman–Crippen MR) is 91.1 cm³/mol. The summed E-state index contributed by atoms with van der Waals surface area (Å²) in [7, 11) is 0. The van der Waals surface area contributed by atoms with Gasteiger partial charge in [-0.15, -0.1) is 0 Å². The Morgan fingerprint density at radius 1 is 0.893 bits per heavy atom. The van der Waals surface area contributed by atoms with Gasteiger partial charge in [0.15, 0.2) is 0 Å². The second kappa shape index (κ2) is 7.59. The maximum absolute atomic E-state index is 13.6. The number of aromatic nitrogens is 2. The zero-order chi connectivity index (χ0) is 20.3. The molecular weight excluding hydrogens is 383 g/mol. The van der Waals surface area contributed by atoms with Crippen molar-refractivity contribution < 1.29 is 26.7 Å². The lowest BCUT2D eigenvalue weighted by atomic mass is 10.1. The molecule has 0 bridgehead atoms. The van der Waals surface area contributed by atoms with Crippen molar-refractivity contribution in [2.75, 3.05) is 10.6 Å². The average molecular weight is 394 g/mol. The van der Waals surface area contributed by atoms with Crippen LogP contribution in [-0.4, -0.2) is 15.9 Å². The zero-order valence-electron chi connectivity index (χ0n) is 13.9. The Morgan fingerprint density at radius 2 is 1.50 bits per heavy atom. The maximum atomic E-state index is 13.6. The van der Waals surface area contributed by atoms with Crippen LogP contribution in [0.3, 0.4) is 0 Å². The fourth-order valence-corrected chi connectivity index (χ4v) is 2.27. The monoisotopic (exact) mass is 394 g/mol. The van der Waals surface area contributed by atoms with Crippen LogP contribution in [-0.2, 0) is 6.18 Å². The topological polar surface area (TPSA) is 66.9 Å². The van der Waals surface area contributed by atoms with Gasteiger partial charge in [-0.2, -0.15) is 13.2 Å². The molecule has 0 aliphatic heterocycles. The van der Waals surface area contributed by atoms with Gasteiger partial charge in [0.1, 0.15) is 17.3 Å². The molecule has 3 aromatic rings. The molecule has 10 heteroatoms. The van der Waals surface area contributed by atoms with E-state index in [0.717, 1.165) is 36.7 Å². The first-order chi connectivity index (χ1) is 13.3. The summed E-state index contributed by atoms with van der Waals surface area (Å²) in [5.41, 5.74) is -2.04. The summed E-state index contributed by atoms with van der Waals surface area (Å²) in [5.74, 6) is -2.81. The van der Waals surface area contributed by atoms with E-state index < -0.39 is 40.7 Å². The quantitative estimate of drug-likeness (QED) is 0.626.